The Morgan fingerprint density at radius 1 is 0.525 bits per heavy atom. The number of carboxylic acids is 1. The fourth-order valence-electron chi connectivity index (χ4n) is 7.75. The van der Waals surface area contributed by atoms with Crippen molar-refractivity contribution in [3.05, 3.63) is 148 Å². The molecule has 0 radical (unpaired) electrons. The highest BCUT2D eigenvalue weighted by molar-refractivity contribution is 6.06. The fraction of sp³-hybridized carbons (Fsp3) is 0.441. The summed E-state index contributed by atoms with van der Waals surface area (Å²) < 4.78 is 83.9. The van der Waals surface area contributed by atoms with Crippen molar-refractivity contribution in [3.63, 3.8) is 0 Å². The van der Waals surface area contributed by atoms with Crippen molar-refractivity contribution in [1.82, 2.24) is 15.6 Å². The van der Waals surface area contributed by atoms with Crippen LogP contribution in [-0.4, -0.2) is 153 Å². The number of benzene rings is 4. The van der Waals surface area contributed by atoms with E-state index in [9.17, 15) is 32.3 Å². The van der Waals surface area contributed by atoms with Crippen LogP contribution in [-0.2, 0) is 68.3 Å². The molecule has 434 valence electrons. The number of carbonyl (C=O) groups is 4. The zero-order valence-corrected chi connectivity index (χ0v) is 45.3. The molecule has 1 heterocycles. The Labute approximate surface area is 465 Å². The Hall–Kier alpha value is -6.82. The van der Waals surface area contributed by atoms with Gasteiger partial charge in [-0.1, -0.05) is 36.4 Å². The van der Waals surface area contributed by atoms with Crippen LogP contribution in [0.2, 0.25) is 0 Å². The number of aromatic nitrogens is 1. The van der Waals surface area contributed by atoms with Gasteiger partial charge >= 0.3 is 12.1 Å². The highest BCUT2D eigenvalue weighted by atomic mass is 19.4. The average molecular weight is 1120 g/mol. The maximum atomic E-state index is 13.6. The van der Waals surface area contributed by atoms with Crippen LogP contribution in [0.25, 0.3) is 11.3 Å². The third kappa shape index (κ3) is 25.5. The Kier molecular flexibility index (Phi) is 29.7. The summed E-state index contributed by atoms with van der Waals surface area (Å²) in [5.74, 6) is -1.89. The molecule has 0 saturated carbocycles. The minimum Gasteiger partial charge on any atom is -0.481 e. The van der Waals surface area contributed by atoms with E-state index in [1.807, 2.05) is 55.5 Å². The number of carboxylic acid groups (broad SMARTS) is 1. The van der Waals surface area contributed by atoms with E-state index in [0.717, 1.165) is 48.2 Å². The van der Waals surface area contributed by atoms with Crippen molar-refractivity contribution in [2.45, 2.75) is 51.7 Å². The lowest BCUT2D eigenvalue weighted by atomic mass is 10.0. The average Bonchev–Trinajstić information content (AvgIpc) is 3.48. The number of amides is 3. The van der Waals surface area contributed by atoms with E-state index in [-0.39, 0.29) is 37.0 Å². The molecule has 18 nitrogen and oxygen atoms in total. The summed E-state index contributed by atoms with van der Waals surface area (Å²) >= 11 is 0. The number of hydrogen-bond donors (Lipinski definition) is 5. The van der Waals surface area contributed by atoms with Gasteiger partial charge in [-0.25, -0.2) is 0 Å². The molecule has 5 rings (SSSR count). The van der Waals surface area contributed by atoms with Crippen LogP contribution in [0, 0.1) is 0 Å². The summed E-state index contributed by atoms with van der Waals surface area (Å²) in [7, 11) is 0. The van der Waals surface area contributed by atoms with E-state index >= 15 is 0 Å². The van der Waals surface area contributed by atoms with Crippen molar-refractivity contribution < 1.29 is 75.4 Å². The maximum absolute atomic E-state index is 13.6. The Morgan fingerprint density at radius 2 is 1.02 bits per heavy atom. The van der Waals surface area contributed by atoms with Gasteiger partial charge in [0.15, 0.2) is 0 Å². The number of nitrogens with one attached hydrogen (secondary N) is 4. The lowest BCUT2D eigenvalue weighted by molar-refractivity contribution is -0.139. The Balaban J connectivity index is 0.873. The molecular weight excluding hydrogens is 1040 g/mol. The van der Waals surface area contributed by atoms with Crippen molar-refractivity contribution in [3.8, 4) is 11.3 Å². The van der Waals surface area contributed by atoms with Gasteiger partial charge in [0.2, 0.25) is 0 Å². The van der Waals surface area contributed by atoms with Crippen LogP contribution in [0.15, 0.2) is 109 Å². The van der Waals surface area contributed by atoms with Gasteiger partial charge in [-0.2, -0.15) is 13.2 Å². The number of halogens is 3. The minimum absolute atomic E-state index is 0.0246. The van der Waals surface area contributed by atoms with Crippen LogP contribution < -0.4 is 21.3 Å². The molecule has 0 aliphatic heterocycles. The summed E-state index contributed by atoms with van der Waals surface area (Å²) in [6, 6.07) is 28.1. The van der Waals surface area contributed by atoms with E-state index in [1.54, 1.807) is 24.3 Å². The lowest BCUT2D eigenvalue weighted by Crippen LogP contribution is -2.27. The molecule has 0 saturated heterocycles. The van der Waals surface area contributed by atoms with Crippen molar-refractivity contribution in [2.24, 2.45) is 0 Å². The smallest absolute Gasteiger partial charge is 0.416 e. The first-order valence-electron chi connectivity index (χ1n) is 26.8. The second kappa shape index (κ2) is 37.2. The minimum atomic E-state index is -4.50. The monoisotopic (exact) mass is 1120 g/mol. The molecule has 1 aromatic heterocycles. The SMILES string of the molecule is CCNc1ccc(NC(=O)c2cccc(CCCOCCOCCOCCOCCNC(=O)c3cccc(CCCOCCOCCOCCOCCC(=O)O)c3)c2)c(-c2cc(C(=O)NCc3cccc(C(F)(F)F)c3)ccn2)c1. The molecule has 0 atom stereocenters. The number of aryl methyl sites for hydroxylation is 2. The van der Waals surface area contributed by atoms with Crippen LogP contribution >= 0.6 is 0 Å². The molecule has 21 heteroatoms. The van der Waals surface area contributed by atoms with E-state index in [2.05, 4.69) is 26.3 Å². The summed E-state index contributed by atoms with van der Waals surface area (Å²) in [5.41, 5.74) is 5.01. The third-order valence-corrected chi connectivity index (χ3v) is 11.8. The van der Waals surface area contributed by atoms with E-state index in [4.69, 9.17) is 43.0 Å². The lowest BCUT2D eigenvalue weighted by Gasteiger charge is -2.15. The summed E-state index contributed by atoms with van der Waals surface area (Å²) in [4.78, 5) is 54.4. The second-order valence-corrected chi connectivity index (χ2v) is 18.0. The first-order chi connectivity index (χ1) is 38.9. The van der Waals surface area contributed by atoms with Gasteiger partial charge in [0.25, 0.3) is 17.7 Å². The van der Waals surface area contributed by atoms with E-state index in [1.165, 1.54) is 24.4 Å². The number of pyridine rings is 1. The highest BCUT2D eigenvalue weighted by Crippen LogP contribution is 2.32. The number of anilines is 2. The summed E-state index contributed by atoms with van der Waals surface area (Å²) in [6.45, 7) is 9.32. The normalized spacial score (nSPS) is 11.3. The van der Waals surface area contributed by atoms with Gasteiger partial charge in [0.1, 0.15) is 0 Å². The molecule has 5 N–H and O–H groups in total. The summed E-state index contributed by atoms with van der Waals surface area (Å²) in [5, 5.41) is 20.4. The fourth-order valence-corrected chi connectivity index (χ4v) is 7.75. The molecular formula is C59H74F3N5O13. The first kappa shape index (κ1) is 64.0. The van der Waals surface area contributed by atoms with E-state index in [0.29, 0.717) is 152 Å². The number of alkyl halides is 3. The number of nitrogens with zero attached hydrogens (tertiary/aromatic N) is 1. The van der Waals surface area contributed by atoms with Crippen molar-refractivity contribution in [2.75, 3.05) is 129 Å². The maximum Gasteiger partial charge on any atom is 0.416 e. The molecule has 5 aromatic rings. The van der Waals surface area contributed by atoms with Gasteiger partial charge in [0.05, 0.1) is 116 Å². The van der Waals surface area contributed by atoms with Crippen LogP contribution in [0.5, 0.6) is 0 Å². The molecule has 80 heavy (non-hydrogen) atoms. The Bertz CT molecular complexity index is 2640. The van der Waals surface area contributed by atoms with Crippen molar-refractivity contribution in [1.29, 1.82) is 0 Å². The van der Waals surface area contributed by atoms with Gasteiger partial charge in [-0.15, -0.1) is 0 Å². The van der Waals surface area contributed by atoms with Gasteiger partial charge in [0, 0.05) is 67.0 Å². The number of carbonyl (C=O) groups excluding carboxylic acids is 3. The van der Waals surface area contributed by atoms with Crippen LogP contribution in [0.4, 0.5) is 24.5 Å². The zero-order valence-electron chi connectivity index (χ0n) is 45.3. The molecule has 0 aliphatic carbocycles. The number of rotatable bonds is 41. The zero-order chi connectivity index (χ0) is 57.1. The number of hydrogen-bond acceptors (Lipinski definition) is 14. The number of aliphatic carboxylic acids is 1. The highest BCUT2D eigenvalue weighted by Gasteiger charge is 2.30. The van der Waals surface area contributed by atoms with Crippen LogP contribution in [0.3, 0.4) is 0 Å². The first-order valence-corrected chi connectivity index (χ1v) is 26.8. The van der Waals surface area contributed by atoms with E-state index < -0.39 is 23.6 Å². The molecule has 0 spiro atoms. The molecule has 0 aliphatic rings. The Morgan fingerprint density at radius 3 is 1.59 bits per heavy atom. The molecule has 0 bridgehead atoms. The molecule has 4 aromatic carbocycles. The van der Waals surface area contributed by atoms with Crippen molar-refractivity contribution >= 4 is 35.1 Å². The predicted octanol–water partition coefficient (Wildman–Crippen LogP) is 8.28. The predicted molar refractivity (Wildman–Crippen MR) is 295 cm³/mol. The van der Waals surface area contributed by atoms with Gasteiger partial charge < -0.3 is 64.3 Å². The largest absolute Gasteiger partial charge is 0.481 e. The van der Waals surface area contributed by atoms with Crippen LogP contribution in [0.1, 0.15) is 79.5 Å². The molecule has 0 fully saturated rings. The van der Waals surface area contributed by atoms with Gasteiger partial charge in [-0.05, 0) is 116 Å². The standard InChI is InChI=1S/C59H74F3N5O13/c1-2-63-51-16-17-53(52(42-51)54-41-49(18-20-64-54)57(71)66-43-46-10-5-15-50(40-46)59(60,61)62)67-58(72)48-14-4-9-45(39-48)12-7-23-74-27-31-78-35-37-80-33-29-76-25-21-65-56(70)47-13-3-8-44(38-47)11-6-22-73-26-30-77-34-36-79-32-28-75-24-19-55(68)69/h3-5,8-10,13-18,20,38-42,63H,2,6-7,11-12,19,21-37,43H2,1H3,(H,65,70)(H,66,71)(H,67,72)(H,68,69). The molecule has 3 amide bonds. The molecule has 0 unspecified atom stereocenters. The second-order valence-electron chi connectivity index (χ2n) is 18.0. The van der Waals surface area contributed by atoms with Gasteiger partial charge in [-0.3, -0.25) is 24.2 Å². The quantitative estimate of drug-likeness (QED) is 0.0232. The summed E-state index contributed by atoms with van der Waals surface area (Å²) in [6.07, 6.45) is -0.0785. The third-order valence-electron chi connectivity index (χ3n) is 11.8. The number of ether oxygens (including phenoxy) is 8. The topological polar surface area (TPSA) is 223 Å².